The highest BCUT2D eigenvalue weighted by molar-refractivity contribution is 5.92. The van der Waals surface area contributed by atoms with Crippen molar-refractivity contribution in [3.8, 4) is 0 Å². The van der Waals surface area contributed by atoms with Crippen LogP contribution in [0.2, 0.25) is 0 Å². The van der Waals surface area contributed by atoms with E-state index >= 15 is 0 Å². The molecule has 0 radical (unpaired) electrons. The van der Waals surface area contributed by atoms with Crippen LogP contribution in [0.15, 0.2) is 30.5 Å². The van der Waals surface area contributed by atoms with Gasteiger partial charge in [-0.15, -0.1) is 0 Å². The third-order valence-corrected chi connectivity index (χ3v) is 3.01. The highest BCUT2D eigenvalue weighted by Gasteiger charge is 2.15. The summed E-state index contributed by atoms with van der Waals surface area (Å²) in [6.45, 7) is 2.19. The van der Waals surface area contributed by atoms with Crippen LogP contribution >= 0.6 is 0 Å². The predicted octanol–water partition coefficient (Wildman–Crippen LogP) is 1.94. The monoisotopic (exact) mass is 201 g/mol. The molecule has 1 aliphatic rings. The molecule has 2 heterocycles. The fourth-order valence-electron chi connectivity index (χ4n) is 2.19. The third-order valence-electron chi connectivity index (χ3n) is 3.01. The standard InChI is InChI=1S/C12H15N3/c1-2-4-11-10(3-1)12(8-14-11)15-9-5-6-13-7-9/h1-4,8-9,13-15H,5-7H2. The average Bonchev–Trinajstić information content (AvgIpc) is 2.89. The van der Waals surface area contributed by atoms with E-state index in [0.717, 1.165) is 13.1 Å². The lowest BCUT2D eigenvalue weighted by molar-refractivity contribution is 0.794. The van der Waals surface area contributed by atoms with Gasteiger partial charge in [-0.25, -0.2) is 0 Å². The number of aromatic nitrogens is 1. The summed E-state index contributed by atoms with van der Waals surface area (Å²) < 4.78 is 0. The third kappa shape index (κ3) is 1.59. The summed E-state index contributed by atoms with van der Waals surface area (Å²) in [5.41, 5.74) is 2.42. The first kappa shape index (κ1) is 8.80. The Bertz CT molecular complexity index is 455. The number of benzene rings is 1. The van der Waals surface area contributed by atoms with Crippen LogP contribution in [-0.4, -0.2) is 24.1 Å². The summed E-state index contributed by atoms with van der Waals surface area (Å²) in [5, 5.41) is 8.21. The van der Waals surface area contributed by atoms with E-state index in [0.29, 0.717) is 6.04 Å². The summed E-state index contributed by atoms with van der Waals surface area (Å²) in [7, 11) is 0. The van der Waals surface area contributed by atoms with Gasteiger partial charge in [0.25, 0.3) is 0 Å². The quantitative estimate of drug-likeness (QED) is 0.695. The molecule has 3 rings (SSSR count). The zero-order valence-corrected chi connectivity index (χ0v) is 8.59. The Hall–Kier alpha value is -1.48. The van der Waals surface area contributed by atoms with E-state index in [9.17, 15) is 0 Å². The first-order valence-corrected chi connectivity index (χ1v) is 5.47. The summed E-state index contributed by atoms with van der Waals surface area (Å²) in [6, 6.07) is 8.96. The lowest BCUT2D eigenvalue weighted by atomic mass is 10.2. The topological polar surface area (TPSA) is 39.8 Å². The number of para-hydroxylation sites is 1. The number of hydrogen-bond donors (Lipinski definition) is 3. The molecule has 1 aliphatic heterocycles. The molecule has 3 heteroatoms. The second kappa shape index (κ2) is 3.59. The Morgan fingerprint density at radius 3 is 3.07 bits per heavy atom. The Labute approximate surface area is 88.9 Å². The van der Waals surface area contributed by atoms with E-state index in [1.807, 2.05) is 0 Å². The first-order valence-electron chi connectivity index (χ1n) is 5.47. The van der Waals surface area contributed by atoms with Crippen LogP contribution in [0.4, 0.5) is 5.69 Å². The van der Waals surface area contributed by atoms with E-state index in [2.05, 4.69) is 46.1 Å². The van der Waals surface area contributed by atoms with Gasteiger partial charge in [0.2, 0.25) is 0 Å². The minimum atomic E-state index is 0.573. The second-order valence-electron chi connectivity index (χ2n) is 4.08. The van der Waals surface area contributed by atoms with Crippen molar-refractivity contribution >= 4 is 16.6 Å². The van der Waals surface area contributed by atoms with E-state index < -0.39 is 0 Å². The van der Waals surface area contributed by atoms with Crippen molar-refractivity contribution in [1.29, 1.82) is 0 Å². The smallest absolute Gasteiger partial charge is 0.0600 e. The lowest BCUT2D eigenvalue weighted by Crippen LogP contribution is -2.21. The van der Waals surface area contributed by atoms with Crippen LogP contribution in [0.3, 0.4) is 0 Å². The highest BCUT2D eigenvalue weighted by Crippen LogP contribution is 2.23. The van der Waals surface area contributed by atoms with Gasteiger partial charge in [-0.05, 0) is 19.0 Å². The Morgan fingerprint density at radius 2 is 2.20 bits per heavy atom. The molecule has 1 unspecified atom stereocenters. The van der Waals surface area contributed by atoms with Gasteiger partial charge in [0, 0.05) is 29.7 Å². The maximum atomic E-state index is 3.57. The van der Waals surface area contributed by atoms with Crippen molar-refractivity contribution in [2.45, 2.75) is 12.5 Å². The zero-order chi connectivity index (χ0) is 10.1. The molecule has 1 saturated heterocycles. The van der Waals surface area contributed by atoms with Gasteiger partial charge >= 0.3 is 0 Å². The highest BCUT2D eigenvalue weighted by atomic mass is 15.0. The number of rotatable bonds is 2. The predicted molar refractivity (Wildman–Crippen MR) is 63.2 cm³/mol. The van der Waals surface area contributed by atoms with Crippen LogP contribution in [0.25, 0.3) is 10.9 Å². The maximum Gasteiger partial charge on any atom is 0.0600 e. The second-order valence-corrected chi connectivity index (χ2v) is 4.08. The van der Waals surface area contributed by atoms with Crippen LogP contribution in [0.1, 0.15) is 6.42 Å². The molecule has 0 aliphatic carbocycles. The molecular weight excluding hydrogens is 186 g/mol. The molecule has 78 valence electrons. The number of nitrogens with one attached hydrogen (secondary N) is 3. The van der Waals surface area contributed by atoms with Gasteiger partial charge in [-0.2, -0.15) is 0 Å². The number of anilines is 1. The van der Waals surface area contributed by atoms with E-state index in [1.165, 1.54) is 23.0 Å². The van der Waals surface area contributed by atoms with E-state index in [4.69, 9.17) is 0 Å². The van der Waals surface area contributed by atoms with Crippen molar-refractivity contribution in [3.05, 3.63) is 30.5 Å². The summed E-state index contributed by atoms with van der Waals surface area (Å²) in [4.78, 5) is 3.28. The van der Waals surface area contributed by atoms with Gasteiger partial charge < -0.3 is 15.6 Å². The fourth-order valence-corrected chi connectivity index (χ4v) is 2.19. The van der Waals surface area contributed by atoms with Crippen molar-refractivity contribution in [2.75, 3.05) is 18.4 Å². The molecule has 0 bridgehead atoms. The molecule has 1 fully saturated rings. The molecule has 0 saturated carbocycles. The van der Waals surface area contributed by atoms with Gasteiger partial charge in [-0.1, -0.05) is 18.2 Å². The van der Waals surface area contributed by atoms with Crippen LogP contribution in [-0.2, 0) is 0 Å². The summed E-state index contributed by atoms with van der Waals surface area (Å²) in [5.74, 6) is 0. The Morgan fingerprint density at radius 1 is 1.27 bits per heavy atom. The molecule has 1 atom stereocenters. The molecule has 2 aromatic rings. The van der Waals surface area contributed by atoms with Crippen LogP contribution < -0.4 is 10.6 Å². The minimum Gasteiger partial charge on any atom is -0.379 e. The number of H-pyrrole nitrogens is 1. The zero-order valence-electron chi connectivity index (χ0n) is 8.59. The number of hydrogen-bond acceptors (Lipinski definition) is 2. The molecule has 3 N–H and O–H groups in total. The first-order chi connectivity index (χ1) is 7.43. The minimum absolute atomic E-state index is 0.573. The lowest BCUT2D eigenvalue weighted by Gasteiger charge is -2.11. The normalized spacial score (nSPS) is 20.9. The van der Waals surface area contributed by atoms with Crippen molar-refractivity contribution in [1.82, 2.24) is 10.3 Å². The van der Waals surface area contributed by atoms with Crippen molar-refractivity contribution in [2.24, 2.45) is 0 Å². The Kier molecular flexibility index (Phi) is 2.10. The van der Waals surface area contributed by atoms with Crippen molar-refractivity contribution < 1.29 is 0 Å². The largest absolute Gasteiger partial charge is 0.379 e. The van der Waals surface area contributed by atoms with E-state index in [1.54, 1.807) is 0 Å². The summed E-state index contributed by atoms with van der Waals surface area (Å²) in [6.07, 6.45) is 3.27. The fraction of sp³-hybridized carbons (Fsp3) is 0.333. The molecule has 1 aromatic carbocycles. The SMILES string of the molecule is c1ccc2c(NC3CCNC3)c[nH]c2c1. The van der Waals surface area contributed by atoms with Crippen LogP contribution in [0.5, 0.6) is 0 Å². The van der Waals surface area contributed by atoms with Gasteiger partial charge in [0.05, 0.1) is 5.69 Å². The van der Waals surface area contributed by atoms with Crippen molar-refractivity contribution in [3.63, 3.8) is 0 Å². The average molecular weight is 201 g/mol. The number of aromatic amines is 1. The van der Waals surface area contributed by atoms with Gasteiger partial charge in [-0.3, -0.25) is 0 Å². The van der Waals surface area contributed by atoms with Crippen LogP contribution in [0, 0.1) is 0 Å². The number of fused-ring (bicyclic) bond motifs is 1. The van der Waals surface area contributed by atoms with Gasteiger partial charge in [0.1, 0.15) is 0 Å². The molecule has 15 heavy (non-hydrogen) atoms. The van der Waals surface area contributed by atoms with E-state index in [-0.39, 0.29) is 0 Å². The maximum absolute atomic E-state index is 3.57. The molecular formula is C12H15N3. The molecule has 0 amide bonds. The molecule has 1 aromatic heterocycles. The van der Waals surface area contributed by atoms with Gasteiger partial charge in [0.15, 0.2) is 0 Å². The summed E-state index contributed by atoms with van der Waals surface area (Å²) >= 11 is 0. The Balaban J connectivity index is 1.90. The molecule has 3 nitrogen and oxygen atoms in total. The molecule has 0 spiro atoms.